The minimum Gasteiger partial charge on any atom is -0.374 e. The third kappa shape index (κ3) is 3.78. The summed E-state index contributed by atoms with van der Waals surface area (Å²) in [5.41, 5.74) is 2.46. The van der Waals surface area contributed by atoms with Crippen molar-refractivity contribution in [1.82, 2.24) is 0 Å². The Balaban J connectivity index is 1.93. The molecule has 4 aromatic rings. The van der Waals surface area contributed by atoms with Crippen LogP contribution in [0, 0.1) is 0 Å². The molecule has 0 aliphatic heterocycles. The number of carbonyl (C=O) groups excluding carboxylic acids is 1. The molecule has 0 unspecified atom stereocenters. The first kappa shape index (κ1) is 19.3. The largest absolute Gasteiger partial charge is 0.374 e. The Labute approximate surface area is 176 Å². The van der Waals surface area contributed by atoms with E-state index in [-0.39, 0.29) is 5.71 Å². The van der Waals surface area contributed by atoms with Crippen LogP contribution in [0.1, 0.15) is 22.3 Å². The molecule has 30 heavy (non-hydrogen) atoms. The molecule has 0 N–H and O–H groups in total. The van der Waals surface area contributed by atoms with Crippen molar-refractivity contribution in [2.75, 3.05) is 0 Å². The van der Waals surface area contributed by atoms with Crippen LogP contribution in [0.25, 0.3) is 0 Å². The number of hydrogen-bond acceptors (Lipinski definition) is 3. The molecule has 0 aromatic heterocycles. The lowest BCUT2D eigenvalue weighted by molar-refractivity contribution is 0.0177. The highest BCUT2D eigenvalue weighted by Gasteiger charge is 2.39. The lowest BCUT2D eigenvalue weighted by Crippen LogP contribution is -2.31. The van der Waals surface area contributed by atoms with E-state index in [0.717, 1.165) is 16.7 Å². The van der Waals surface area contributed by atoms with Crippen LogP contribution >= 0.6 is 0 Å². The van der Waals surface area contributed by atoms with Gasteiger partial charge < -0.3 is 4.84 Å². The summed E-state index contributed by atoms with van der Waals surface area (Å²) < 4.78 is 0. The molecule has 0 aliphatic carbocycles. The number of rotatable bonds is 7. The Hall–Kier alpha value is -3.98. The minimum atomic E-state index is -1.03. The quantitative estimate of drug-likeness (QED) is 0.237. The molecule has 4 rings (SSSR count). The smallest absolute Gasteiger partial charge is 0.257 e. The zero-order chi connectivity index (χ0) is 20.7. The highest BCUT2D eigenvalue weighted by molar-refractivity contribution is 6.36. The monoisotopic (exact) mass is 390 g/mol. The molecular weight excluding hydrogens is 370 g/mol. The molecule has 4 aromatic carbocycles. The SMILES string of the molecule is O=[C]/C(=N/OC(c1ccccc1)(c1ccccc1)c1ccccc1)c1ccccc1. The number of oxime groups is 1. The zero-order valence-electron chi connectivity index (χ0n) is 16.3. The van der Waals surface area contributed by atoms with Gasteiger partial charge in [0.05, 0.1) is 0 Å². The Morgan fingerprint density at radius 1 is 0.600 bits per heavy atom. The van der Waals surface area contributed by atoms with Crippen molar-refractivity contribution in [3.05, 3.63) is 144 Å². The van der Waals surface area contributed by atoms with Gasteiger partial charge >= 0.3 is 0 Å². The van der Waals surface area contributed by atoms with E-state index in [1.165, 1.54) is 0 Å². The van der Waals surface area contributed by atoms with Crippen molar-refractivity contribution >= 4 is 12.0 Å². The summed E-state index contributed by atoms with van der Waals surface area (Å²) >= 11 is 0. The summed E-state index contributed by atoms with van der Waals surface area (Å²) in [5, 5.41) is 4.31. The Morgan fingerprint density at radius 3 is 1.33 bits per heavy atom. The van der Waals surface area contributed by atoms with Crippen LogP contribution in [0.15, 0.2) is 126 Å². The summed E-state index contributed by atoms with van der Waals surface area (Å²) in [6.45, 7) is 0. The average Bonchev–Trinajstić information content (AvgIpc) is 2.84. The maximum atomic E-state index is 11.7. The van der Waals surface area contributed by atoms with Crippen molar-refractivity contribution in [3.63, 3.8) is 0 Å². The van der Waals surface area contributed by atoms with Gasteiger partial charge in [-0.05, 0) is 0 Å². The maximum Gasteiger partial charge on any atom is 0.257 e. The zero-order valence-corrected chi connectivity index (χ0v) is 16.3. The first-order chi connectivity index (χ1) is 14.8. The Kier molecular flexibility index (Phi) is 5.81. The molecule has 0 saturated heterocycles. The number of hydrogen-bond donors (Lipinski definition) is 0. The maximum absolute atomic E-state index is 11.7. The molecule has 0 spiro atoms. The van der Waals surface area contributed by atoms with Crippen LogP contribution in [-0.2, 0) is 15.2 Å². The van der Waals surface area contributed by atoms with Crippen LogP contribution in [-0.4, -0.2) is 12.0 Å². The summed E-state index contributed by atoms with van der Waals surface area (Å²) in [6, 6.07) is 38.9. The van der Waals surface area contributed by atoms with Crippen LogP contribution in [0.2, 0.25) is 0 Å². The van der Waals surface area contributed by atoms with Gasteiger partial charge in [0.1, 0.15) is 0 Å². The summed E-state index contributed by atoms with van der Waals surface area (Å²) in [4.78, 5) is 18.0. The lowest BCUT2D eigenvalue weighted by atomic mass is 9.80. The van der Waals surface area contributed by atoms with Crippen molar-refractivity contribution in [2.45, 2.75) is 5.60 Å². The van der Waals surface area contributed by atoms with E-state index in [9.17, 15) is 4.79 Å². The number of nitrogens with zero attached hydrogens (tertiary/aromatic N) is 1. The first-order valence-corrected chi connectivity index (χ1v) is 9.71. The van der Waals surface area contributed by atoms with E-state index in [0.29, 0.717) is 5.56 Å². The molecule has 0 bridgehead atoms. The van der Waals surface area contributed by atoms with E-state index < -0.39 is 5.60 Å². The highest BCUT2D eigenvalue weighted by atomic mass is 16.7. The van der Waals surface area contributed by atoms with Crippen LogP contribution in [0.5, 0.6) is 0 Å². The second kappa shape index (κ2) is 9.01. The van der Waals surface area contributed by atoms with E-state index in [4.69, 9.17) is 4.84 Å². The normalized spacial score (nSPS) is 11.7. The van der Waals surface area contributed by atoms with Crippen LogP contribution < -0.4 is 0 Å². The molecule has 3 nitrogen and oxygen atoms in total. The molecule has 3 heteroatoms. The first-order valence-electron chi connectivity index (χ1n) is 9.71. The van der Waals surface area contributed by atoms with E-state index >= 15 is 0 Å². The molecule has 145 valence electrons. The second-order valence-electron chi connectivity index (χ2n) is 6.78. The second-order valence-corrected chi connectivity index (χ2v) is 6.78. The predicted molar refractivity (Wildman–Crippen MR) is 119 cm³/mol. The van der Waals surface area contributed by atoms with Gasteiger partial charge in [0.25, 0.3) is 6.29 Å². The fourth-order valence-corrected chi connectivity index (χ4v) is 3.52. The average molecular weight is 390 g/mol. The fraction of sp³-hybridized carbons (Fsp3) is 0.0370. The lowest BCUT2D eigenvalue weighted by Gasteiger charge is -2.33. The molecule has 0 atom stereocenters. The molecule has 0 saturated carbocycles. The minimum absolute atomic E-state index is 0.114. The summed E-state index contributed by atoms with van der Waals surface area (Å²) in [7, 11) is 0. The van der Waals surface area contributed by atoms with Gasteiger partial charge in [0.2, 0.25) is 5.60 Å². The fourth-order valence-electron chi connectivity index (χ4n) is 3.52. The molecule has 1 radical (unpaired) electrons. The summed E-state index contributed by atoms with van der Waals surface area (Å²) in [6.07, 6.45) is 1.92. The number of benzene rings is 4. The predicted octanol–water partition coefficient (Wildman–Crippen LogP) is 5.51. The van der Waals surface area contributed by atoms with Gasteiger partial charge in [0.15, 0.2) is 5.71 Å². The third-order valence-corrected chi connectivity index (χ3v) is 4.96. The molecule has 0 aliphatic rings. The Morgan fingerprint density at radius 2 is 0.967 bits per heavy atom. The molecule has 0 fully saturated rings. The highest BCUT2D eigenvalue weighted by Crippen LogP contribution is 2.40. The third-order valence-electron chi connectivity index (χ3n) is 4.96. The van der Waals surface area contributed by atoms with Crippen molar-refractivity contribution in [3.8, 4) is 0 Å². The van der Waals surface area contributed by atoms with E-state index in [1.54, 1.807) is 0 Å². The van der Waals surface area contributed by atoms with Crippen molar-refractivity contribution in [1.29, 1.82) is 0 Å². The van der Waals surface area contributed by atoms with Gasteiger partial charge in [-0.3, -0.25) is 4.79 Å². The van der Waals surface area contributed by atoms with Gasteiger partial charge in [-0.15, -0.1) is 0 Å². The van der Waals surface area contributed by atoms with Crippen LogP contribution in [0.3, 0.4) is 0 Å². The topological polar surface area (TPSA) is 38.7 Å². The van der Waals surface area contributed by atoms with Gasteiger partial charge in [-0.2, -0.15) is 0 Å². The van der Waals surface area contributed by atoms with Gasteiger partial charge in [-0.1, -0.05) is 126 Å². The van der Waals surface area contributed by atoms with Gasteiger partial charge in [-0.25, -0.2) is 0 Å². The molecule has 0 amide bonds. The summed E-state index contributed by atoms with van der Waals surface area (Å²) in [5.74, 6) is 0. The van der Waals surface area contributed by atoms with Crippen molar-refractivity contribution < 1.29 is 9.63 Å². The van der Waals surface area contributed by atoms with Crippen LogP contribution in [0.4, 0.5) is 0 Å². The Bertz CT molecular complexity index is 1010. The molecular formula is C27H20NO2. The van der Waals surface area contributed by atoms with Crippen molar-refractivity contribution in [2.24, 2.45) is 5.16 Å². The molecule has 0 heterocycles. The van der Waals surface area contributed by atoms with E-state index in [2.05, 4.69) is 5.16 Å². The standard InChI is InChI=1S/C27H20NO2/c29-21-26(22-13-5-1-6-14-22)28-30-27(23-15-7-2-8-16-23,24-17-9-3-10-18-24)25-19-11-4-12-20-25/h1-20H/b28-26-. The van der Waals surface area contributed by atoms with Gasteiger partial charge in [0, 0.05) is 22.3 Å². The van der Waals surface area contributed by atoms with E-state index in [1.807, 2.05) is 128 Å².